The number of benzene rings is 2. The van der Waals surface area contributed by atoms with Gasteiger partial charge in [-0.25, -0.2) is 0 Å². The molecule has 0 saturated heterocycles. The van der Waals surface area contributed by atoms with E-state index in [9.17, 15) is 28.1 Å². The number of carbonyl (C=O) groups is 1. The summed E-state index contributed by atoms with van der Waals surface area (Å²) in [4.78, 5) is 22.9. The van der Waals surface area contributed by atoms with Gasteiger partial charge in [-0.3, -0.25) is 19.6 Å². The minimum atomic E-state index is -4.59. The van der Waals surface area contributed by atoms with Crippen LogP contribution in [0.3, 0.4) is 0 Å². The van der Waals surface area contributed by atoms with E-state index in [1.807, 2.05) is 0 Å². The van der Waals surface area contributed by atoms with E-state index in [1.165, 1.54) is 31.2 Å². The Balaban J connectivity index is 1.74. The summed E-state index contributed by atoms with van der Waals surface area (Å²) >= 11 is 11.9. The van der Waals surface area contributed by atoms with Gasteiger partial charge in [0.05, 0.1) is 21.7 Å². The van der Waals surface area contributed by atoms with E-state index in [4.69, 9.17) is 27.9 Å². The Labute approximate surface area is 195 Å². The molecule has 0 aliphatic carbocycles. The lowest BCUT2D eigenvalue weighted by atomic mass is 10.2. The maximum absolute atomic E-state index is 12.8. The van der Waals surface area contributed by atoms with Crippen LogP contribution >= 0.6 is 23.2 Å². The highest BCUT2D eigenvalue weighted by molar-refractivity contribution is 6.35. The lowest BCUT2D eigenvalue weighted by Crippen LogP contribution is -2.16. The highest BCUT2D eigenvalue weighted by Crippen LogP contribution is 2.34. The summed E-state index contributed by atoms with van der Waals surface area (Å²) in [5, 5.41) is 17.7. The molecule has 13 heteroatoms. The SMILES string of the molecule is Cc1cc(C(F)(F)F)nn1CCC(=O)Nc1cc(Oc2ccc(Cl)cc2Cl)cc([N+](=O)[O-])c1. The molecule has 1 heterocycles. The third kappa shape index (κ3) is 6.36. The van der Waals surface area contributed by atoms with Gasteiger partial charge in [0, 0.05) is 35.8 Å². The second-order valence-electron chi connectivity index (χ2n) is 6.84. The summed E-state index contributed by atoms with van der Waals surface area (Å²) in [6.45, 7) is 1.32. The number of rotatable bonds is 7. The zero-order valence-corrected chi connectivity index (χ0v) is 18.3. The van der Waals surface area contributed by atoms with E-state index in [1.54, 1.807) is 0 Å². The summed E-state index contributed by atoms with van der Waals surface area (Å²) in [6, 6.07) is 8.91. The largest absolute Gasteiger partial charge is 0.455 e. The number of amides is 1. The number of aryl methyl sites for hydroxylation is 2. The van der Waals surface area contributed by atoms with Crippen LogP contribution in [0.15, 0.2) is 42.5 Å². The van der Waals surface area contributed by atoms with Crippen LogP contribution in [0.25, 0.3) is 0 Å². The van der Waals surface area contributed by atoms with E-state index >= 15 is 0 Å². The van der Waals surface area contributed by atoms with Gasteiger partial charge in [0.1, 0.15) is 11.5 Å². The van der Waals surface area contributed by atoms with Crippen LogP contribution in [0.2, 0.25) is 10.0 Å². The Morgan fingerprint density at radius 1 is 1.21 bits per heavy atom. The van der Waals surface area contributed by atoms with Crippen molar-refractivity contribution in [3.05, 3.63) is 74.0 Å². The Morgan fingerprint density at radius 3 is 2.55 bits per heavy atom. The Morgan fingerprint density at radius 2 is 1.94 bits per heavy atom. The fraction of sp³-hybridized carbons (Fsp3) is 0.200. The zero-order valence-electron chi connectivity index (χ0n) is 16.8. The van der Waals surface area contributed by atoms with Crippen molar-refractivity contribution in [1.29, 1.82) is 0 Å². The molecule has 174 valence electrons. The predicted molar refractivity (Wildman–Crippen MR) is 115 cm³/mol. The van der Waals surface area contributed by atoms with Crippen LogP contribution in [0.5, 0.6) is 11.5 Å². The molecule has 0 saturated carbocycles. The molecule has 0 radical (unpaired) electrons. The second-order valence-corrected chi connectivity index (χ2v) is 7.68. The smallest absolute Gasteiger partial charge is 0.435 e. The van der Waals surface area contributed by atoms with E-state index in [2.05, 4.69) is 10.4 Å². The number of nitro groups is 1. The van der Waals surface area contributed by atoms with Crippen molar-refractivity contribution in [2.24, 2.45) is 0 Å². The molecule has 0 unspecified atom stereocenters. The molecule has 8 nitrogen and oxygen atoms in total. The van der Waals surface area contributed by atoms with E-state index in [0.717, 1.165) is 22.9 Å². The molecule has 2 aromatic carbocycles. The lowest BCUT2D eigenvalue weighted by Gasteiger charge is -2.11. The van der Waals surface area contributed by atoms with Crippen molar-refractivity contribution >= 4 is 40.5 Å². The number of nitrogens with one attached hydrogen (secondary N) is 1. The van der Waals surface area contributed by atoms with Crippen molar-refractivity contribution in [1.82, 2.24) is 9.78 Å². The third-order valence-corrected chi connectivity index (χ3v) is 4.86. The van der Waals surface area contributed by atoms with Crippen LogP contribution in [0.4, 0.5) is 24.5 Å². The number of hydrogen-bond acceptors (Lipinski definition) is 5. The Bertz CT molecular complexity index is 1210. The summed E-state index contributed by atoms with van der Waals surface area (Å²) in [5.41, 5.74) is -1.11. The Kier molecular flexibility index (Phi) is 7.13. The molecule has 0 spiro atoms. The number of alkyl halides is 3. The molecule has 0 atom stereocenters. The minimum absolute atomic E-state index is 0.0291. The maximum Gasteiger partial charge on any atom is 0.435 e. The number of carbonyl (C=O) groups excluding carboxylic acids is 1. The fourth-order valence-corrected chi connectivity index (χ4v) is 3.26. The minimum Gasteiger partial charge on any atom is -0.455 e. The molecule has 3 aromatic rings. The third-order valence-electron chi connectivity index (χ3n) is 4.33. The van der Waals surface area contributed by atoms with E-state index in [-0.39, 0.29) is 46.6 Å². The molecule has 0 fully saturated rings. The molecule has 33 heavy (non-hydrogen) atoms. The Hall–Kier alpha value is -3.31. The standard InChI is InChI=1S/C20H15Cl2F3N4O4/c1-11-6-18(20(23,24)25)27-28(11)5-4-19(30)26-13-8-14(29(31)32)10-15(9-13)33-17-3-2-12(21)7-16(17)22/h2-3,6-10H,4-5H2,1H3,(H,26,30). The molecular formula is C20H15Cl2F3N4O4. The molecule has 0 aliphatic rings. The molecule has 3 rings (SSSR count). The van der Waals surface area contributed by atoms with Crippen molar-refractivity contribution in [3.8, 4) is 11.5 Å². The molecule has 0 bridgehead atoms. The van der Waals surface area contributed by atoms with Gasteiger partial charge in [-0.05, 0) is 31.2 Å². The van der Waals surface area contributed by atoms with Crippen molar-refractivity contribution in [2.45, 2.75) is 26.1 Å². The van der Waals surface area contributed by atoms with Crippen molar-refractivity contribution in [3.63, 3.8) is 0 Å². The number of nitrogens with zero attached hydrogens (tertiary/aromatic N) is 3. The highest BCUT2D eigenvalue weighted by atomic mass is 35.5. The number of hydrogen-bond donors (Lipinski definition) is 1. The van der Waals surface area contributed by atoms with Gasteiger partial charge in [-0.15, -0.1) is 0 Å². The molecule has 1 N–H and O–H groups in total. The summed E-state index contributed by atoms with van der Waals surface area (Å²) in [5.74, 6) is -0.371. The number of non-ortho nitro benzene ring substituents is 1. The van der Waals surface area contributed by atoms with Crippen LogP contribution in [-0.2, 0) is 17.5 Å². The molecule has 1 amide bonds. The first kappa shape index (κ1) is 24.3. The molecule has 1 aromatic heterocycles. The van der Waals surface area contributed by atoms with Gasteiger partial charge in [0.15, 0.2) is 5.69 Å². The van der Waals surface area contributed by atoms with Crippen LogP contribution in [0.1, 0.15) is 17.8 Å². The van der Waals surface area contributed by atoms with Crippen molar-refractivity contribution < 1.29 is 27.6 Å². The van der Waals surface area contributed by atoms with Gasteiger partial charge in [0.2, 0.25) is 5.91 Å². The number of anilines is 1. The molecule has 0 aliphatic heterocycles. The van der Waals surface area contributed by atoms with E-state index in [0.29, 0.717) is 5.02 Å². The lowest BCUT2D eigenvalue weighted by molar-refractivity contribution is -0.384. The average molecular weight is 503 g/mol. The normalized spacial score (nSPS) is 11.3. The highest BCUT2D eigenvalue weighted by Gasteiger charge is 2.34. The van der Waals surface area contributed by atoms with Crippen LogP contribution < -0.4 is 10.1 Å². The van der Waals surface area contributed by atoms with Crippen LogP contribution in [0, 0.1) is 17.0 Å². The summed E-state index contributed by atoms with van der Waals surface area (Å²) in [7, 11) is 0. The van der Waals surface area contributed by atoms with Crippen LogP contribution in [-0.4, -0.2) is 20.6 Å². The first-order valence-electron chi connectivity index (χ1n) is 9.26. The average Bonchev–Trinajstić information content (AvgIpc) is 3.09. The number of nitro benzene ring substituents is 1. The first-order valence-corrected chi connectivity index (χ1v) is 10.0. The van der Waals surface area contributed by atoms with Gasteiger partial charge in [-0.1, -0.05) is 23.2 Å². The molecular weight excluding hydrogens is 488 g/mol. The fourth-order valence-electron chi connectivity index (χ4n) is 2.81. The quantitative estimate of drug-likeness (QED) is 0.304. The van der Waals surface area contributed by atoms with Gasteiger partial charge in [0.25, 0.3) is 5.69 Å². The summed E-state index contributed by atoms with van der Waals surface area (Å²) < 4.78 is 45.0. The second kappa shape index (κ2) is 9.67. The summed E-state index contributed by atoms with van der Waals surface area (Å²) in [6.07, 6.45) is -4.81. The zero-order chi connectivity index (χ0) is 24.3. The first-order chi connectivity index (χ1) is 15.4. The predicted octanol–water partition coefficient (Wildman–Crippen LogP) is 6.25. The number of ether oxygens (including phenoxy) is 1. The topological polar surface area (TPSA) is 99.3 Å². The van der Waals surface area contributed by atoms with Gasteiger partial charge in [-0.2, -0.15) is 18.3 Å². The maximum atomic E-state index is 12.8. The van der Waals surface area contributed by atoms with E-state index < -0.39 is 22.7 Å². The monoisotopic (exact) mass is 502 g/mol. The van der Waals surface area contributed by atoms with Gasteiger partial charge >= 0.3 is 6.18 Å². The van der Waals surface area contributed by atoms with Gasteiger partial charge < -0.3 is 10.1 Å². The number of aromatic nitrogens is 2. The number of halogens is 5. The van der Waals surface area contributed by atoms with Crippen molar-refractivity contribution in [2.75, 3.05) is 5.32 Å².